The van der Waals surface area contributed by atoms with E-state index in [1.807, 2.05) is 0 Å². The van der Waals surface area contributed by atoms with Gasteiger partial charge in [0.25, 0.3) is 5.91 Å². The fraction of sp³-hybridized carbons (Fsp3) is 0.429. The Morgan fingerprint density at radius 3 is 2.60 bits per heavy atom. The van der Waals surface area contributed by atoms with E-state index < -0.39 is 5.54 Å². The molecule has 1 N–H and O–H groups in total. The molecule has 2 fully saturated rings. The number of amides is 2. The van der Waals surface area contributed by atoms with Crippen LogP contribution in [0.25, 0.3) is 0 Å². The Morgan fingerprint density at radius 2 is 1.95 bits per heavy atom. The molecule has 20 heavy (non-hydrogen) atoms. The van der Waals surface area contributed by atoms with Crippen molar-refractivity contribution in [3.05, 3.63) is 27.7 Å². The second-order valence-corrected chi connectivity index (χ2v) is 6.59. The van der Waals surface area contributed by atoms with Gasteiger partial charge in [0.15, 0.2) is 0 Å². The van der Waals surface area contributed by atoms with E-state index in [0.717, 1.165) is 30.2 Å². The van der Waals surface area contributed by atoms with Crippen LogP contribution in [0.2, 0.25) is 5.02 Å². The van der Waals surface area contributed by atoms with Gasteiger partial charge in [0, 0.05) is 10.2 Å². The van der Waals surface area contributed by atoms with E-state index in [4.69, 9.17) is 11.6 Å². The van der Waals surface area contributed by atoms with Crippen molar-refractivity contribution in [3.8, 4) is 0 Å². The molecule has 1 aliphatic carbocycles. The number of anilines is 1. The smallest absolute Gasteiger partial charge is 0.253 e. The van der Waals surface area contributed by atoms with E-state index in [1.54, 1.807) is 23.1 Å². The summed E-state index contributed by atoms with van der Waals surface area (Å²) in [5.74, 6) is -0.126. The predicted octanol–water partition coefficient (Wildman–Crippen LogP) is 2.88. The molecule has 1 saturated heterocycles. The van der Waals surface area contributed by atoms with E-state index in [2.05, 4.69) is 21.2 Å². The van der Waals surface area contributed by atoms with E-state index in [1.165, 1.54) is 0 Å². The van der Waals surface area contributed by atoms with Crippen molar-refractivity contribution in [1.29, 1.82) is 0 Å². The van der Waals surface area contributed by atoms with E-state index in [9.17, 15) is 9.59 Å². The molecule has 0 atom stereocenters. The average molecular weight is 358 g/mol. The number of hydrogen-bond acceptors (Lipinski definition) is 2. The number of nitrogens with one attached hydrogen (secondary N) is 1. The quantitative estimate of drug-likeness (QED) is 0.840. The van der Waals surface area contributed by atoms with Gasteiger partial charge in [-0.05, 0) is 47.0 Å². The van der Waals surface area contributed by atoms with Gasteiger partial charge in [0.1, 0.15) is 12.1 Å². The van der Waals surface area contributed by atoms with Crippen LogP contribution in [0.15, 0.2) is 22.7 Å². The Hall–Kier alpha value is -1.07. The van der Waals surface area contributed by atoms with Crippen molar-refractivity contribution in [3.63, 3.8) is 0 Å². The number of halogens is 2. The van der Waals surface area contributed by atoms with Crippen LogP contribution in [0.4, 0.5) is 5.69 Å². The molecule has 0 radical (unpaired) electrons. The number of rotatable bonds is 1. The lowest BCUT2D eigenvalue weighted by Gasteiger charge is -2.39. The summed E-state index contributed by atoms with van der Waals surface area (Å²) >= 11 is 9.41. The van der Waals surface area contributed by atoms with Gasteiger partial charge in [-0.25, -0.2) is 0 Å². The van der Waals surface area contributed by atoms with Gasteiger partial charge in [-0.2, -0.15) is 0 Å². The van der Waals surface area contributed by atoms with Gasteiger partial charge < -0.3 is 10.2 Å². The molecule has 2 amide bonds. The highest BCUT2D eigenvalue weighted by Gasteiger charge is 2.48. The molecule has 0 aromatic heterocycles. The molecule has 1 aromatic carbocycles. The SMILES string of the molecule is O=C1CN(c2ccc(Br)c(Cl)c2)C(=O)C2(CCCC2)N1. The zero-order valence-electron chi connectivity index (χ0n) is 10.8. The fourth-order valence-corrected chi connectivity index (χ4v) is 3.43. The summed E-state index contributed by atoms with van der Waals surface area (Å²) in [4.78, 5) is 26.3. The van der Waals surface area contributed by atoms with Crippen molar-refractivity contribution in [2.75, 3.05) is 11.4 Å². The lowest BCUT2D eigenvalue weighted by atomic mass is 9.92. The fourth-order valence-electron chi connectivity index (χ4n) is 3.01. The second-order valence-electron chi connectivity index (χ2n) is 5.33. The number of carbonyl (C=O) groups excluding carboxylic acids is 2. The standard InChI is InChI=1S/C14H14BrClN2O2/c15-10-4-3-9(7-11(10)16)18-8-12(19)17-14(13(18)20)5-1-2-6-14/h3-4,7H,1-2,5-6,8H2,(H,17,19). The first-order valence-corrected chi connectivity index (χ1v) is 7.77. The highest BCUT2D eigenvalue weighted by Crippen LogP contribution is 2.36. The van der Waals surface area contributed by atoms with Crippen LogP contribution < -0.4 is 10.2 Å². The van der Waals surface area contributed by atoms with Crippen LogP contribution in [0.1, 0.15) is 25.7 Å². The molecule has 0 bridgehead atoms. The summed E-state index contributed by atoms with van der Waals surface area (Å²) in [6.07, 6.45) is 3.39. The molecule has 1 aliphatic heterocycles. The van der Waals surface area contributed by atoms with Crippen LogP contribution >= 0.6 is 27.5 Å². The van der Waals surface area contributed by atoms with Crippen LogP contribution in [-0.2, 0) is 9.59 Å². The first-order valence-electron chi connectivity index (χ1n) is 6.60. The van der Waals surface area contributed by atoms with Crippen molar-refractivity contribution in [1.82, 2.24) is 5.32 Å². The zero-order valence-corrected chi connectivity index (χ0v) is 13.1. The van der Waals surface area contributed by atoms with Crippen LogP contribution in [0, 0.1) is 0 Å². The Morgan fingerprint density at radius 1 is 1.25 bits per heavy atom. The molecule has 106 valence electrons. The molecule has 1 heterocycles. The number of piperazine rings is 1. The molecule has 2 aliphatic rings. The second kappa shape index (κ2) is 5.04. The highest BCUT2D eigenvalue weighted by molar-refractivity contribution is 9.10. The minimum atomic E-state index is -0.700. The third-order valence-electron chi connectivity index (χ3n) is 4.01. The summed E-state index contributed by atoms with van der Waals surface area (Å²) < 4.78 is 0.771. The molecule has 3 rings (SSSR count). The average Bonchev–Trinajstić information content (AvgIpc) is 2.86. The minimum Gasteiger partial charge on any atom is -0.340 e. The van der Waals surface area contributed by atoms with Crippen LogP contribution in [0.5, 0.6) is 0 Å². The number of nitrogens with zero attached hydrogens (tertiary/aromatic N) is 1. The van der Waals surface area contributed by atoms with E-state index in [-0.39, 0.29) is 18.4 Å². The Kier molecular flexibility index (Phi) is 3.50. The summed E-state index contributed by atoms with van der Waals surface area (Å²) in [5.41, 5.74) is -0.0288. The maximum Gasteiger partial charge on any atom is 0.253 e. The first-order chi connectivity index (χ1) is 9.52. The molecular formula is C14H14BrClN2O2. The topological polar surface area (TPSA) is 49.4 Å². The Labute approximate surface area is 130 Å². The molecule has 1 aromatic rings. The summed E-state index contributed by atoms with van der Waals surface area (Å²) in [5, 5.41) is 3.42. The van der Waals surface area contributed by atoms with Crippen LogP contribution in [-0.4, -0.2) is 23.9 Å². The lowest BCUT2D eigenvalue weighted by molar-refractivity contribution is -0.135. The van der Waals surface area contributed by atoms with Gasteiger partial charge in [-0.1, -0.05) is 24.4 Å². The normalized spacial score (nSPS) is 21.4. The van der Waals surface area contributed by atoms with E-state index in [0.29, 0.717) is 10.7 Å². The molecule has 0 unspecified atom stereocenters. The highest BCUT2D eigenvalue weighted by atomic mass is 79.9. The Bertz CT molecular complexity index is 585. The largest absolute Gasteiger partial charge is 0.340 e. The van der Waals surface area contributed by atoms with Crippen molar-refractivity contribution in [2.45, 2.75) is 31.2 Å². The molecule has 6 heteroatoms. The van der Waals surface area contributed by atoms with Crippen molar-refractivity contribution in [2.24, 2.45) is 0 Å². The third-order valence-corrected chi connectivity index (χ3v) is 5.24. The van der Waals surface area contributed by atoms with E-state index >= 15 is 0 Å². The molecule has 4 nitrogen and oxygen atoms in total. The Balaban J connectivity index is 1.97. The monoisotopic (exact) mass is 356 g/mol. The van der Waals surface area contributed by atoms with Gasteiger partial charge >= 0.3 is 0 Å². The van der Waals surface area contributed by atoms with Gasteiger partial charge in [-0.15, -0.1) is 0 Å². The van der Waals surface area contributed by atoms with Gasteiger partial charge in [-0.3, -0.25) is 9.59 Å². The predicted molar refractivity (Wildman–Crippen MR) is 80.8 cm³/mol. The molecule has 1 saturated carbocycles. The first kappa shape index (κ1) is 13.9. The van der Waals surface area contributed by atoms with Crippen LogP contribution in [0.3, 0.4) is 0 Å². The lowest BCUT2D eigenvalue weighted by Crippen LogP contribution is -2.65. The third kappa shape index (κ3) is 2.23. The number of carbonyl (C=O) groups is 2. The maximum absolute atomic E-state index is 12.7. The molecule has 1 spiro atoms. The molecular weight excluding hydrogens is 344 g/mol. The number of benzene rings is 1. The van der Waals surface area contributed by atoms with Crippen molar-refractivity contribution >= 4 is 45.0 Å². The summed E-state index contributed by atoms with van der Waals surface area (Å²) in [7, 11) is 0. The summed E-state index contributed by atoms with van der Waals surface area (Å²) in [6.45, 7) is 0.0541. The van der Waals surface area contributed by atoms with Gasteiger partial charge in [0.2, 0.25) is 5.91 Å². The summed E-state index contributed by atoms with van der Waals surface area (Å²) in [6, 6.07) is 5.30. The zero-order chi connectivity index (χ0) is 14.3. The van der Waals surface area contributed by atoms with Crippen molar-refractivity contribution < 1.29 is 9.59 Å². The number of hydrogen-bond donors (Lipinski definition) is 1. The minimum absolute atomic E-state index is 0.0204. The van der Waals surface area contributed by atoms with Gasteiger partial charge in [0.05, 0.1) is 5.02 Å². The maximum atomic E-state index is 12.7.